The van der Waals surface area contributed by atoms with Gasteiger partial charge in [0.05, 0.1) is 0 Å². The second-order valence-electron chi connectivity index (χ2n) is 7.08. The van der Waals surface area contributed by atoms with E-state index in [-0.39, 0.29) is 18.3 Å². The second-order valence-corrected chi connectivity index (χ2v) is 7.08. The molecule has 0 spiro atoms. The molecule has 0 radical (unpaired) electrons. The normalized spacial score (nSPS) is 15.3. The molecule has 0 aliphatic carbocycles. The molecular formula is C20H27FN4O2. The Bertz CT molecular complexity index is 754. The maximum Gasteiger partial charge on any atom is 0.260 e. The van der Waals surface area contributed by atoms with E-state index in [1.807, 2.05) is 12.4 Å². The molecule has 1 aliphatic rings. The van der Waals surface area contributed by atoms with Crippen molar-refractivity contribution in [2.75, 3.05) is 39.3 Å². The molecule has 0 unspecified atom stereocenters. The number of carbonyl (C=O) groups is 1. The van der Waals surface area contributed by atoms with E-state index in [0.717, 1.165) is 32.0 Å². The van der Waals surface area contributed by atoms with Crippen LogP contribution in [0.4, 0.5) is 4.39 Å². The van der Waals surface area contributed by atoms with Crippen LogP contribution < -0.4 is 4.74 Å². The highest BCUT2D eigenvalue weighted by Crippen LogP contribution is 2.16. The quantitative estimate of drug-likeness (QED) is 0.747. The van der Waals surface area contributed by atoms with Gasteiger partial charge in [-0.1, -0.05) is 26.0 Å². The summed E-state index contributed by atoms with van der Waals surface area (Å²) in [7, 11) is 0. The van der Waals surface area contributed by atoms with Crippen molar-refractivity contribution in [1.82, 2.24) is 19.4 Å². The third-order valence-electron chi connectivity index (χ3n) is 4.83. The Morgan fingerprint density at radius 2 is 1.93 bits per heavy atom. The average molecular weight is 374 g/mol. The highest BCUT2D eigenvalue weighted by molar-refractivity contribution is 5.77. The minimum atomic E-state index is -0.449. The molecule has 27 heavy (non-hydrogen) atoms. The molecule has 1 amide bonds. The minimum Gasteiger partial charge on any atom is -0.481 e. The number of amides is 1. The summed E-state index contributed by atoms with van der Waals surface area (Å²) in [5.74, 6) is 1.08. The second kappa shape index (κ2) is 8.99. The molecule has 3 rings (SSSR count). The van der Waals surface area contributed by atoms with E-state index in [2.05, 4.69) is 28.3 Å². The number of imidazole rings is 1. The first kappa shape index (κ1) is 19.4. The zero-order valence-electron chi connectivity index (χ0n) is 16.0. The molecule has 1 saturated heterocycles. The number of piperazine rings is 1. The van der Waals surface area contributed by atoms with Gasteiger partial charge in [0.15, 0.2) is 18.2 Å². The van der Waals surface area contributed by atoms with E-state index in [1.54, 1.807) is 17.0 Å². The Morgan fingerprint density at radius 1 is 1.19 bits per heavy atom. The topological polar surface area (TPSA) is 50.6 Å². The monoisotopic (exact) mass is 374 g/mol. The van der Waals surface area contributed by atoms with Gasteiger partial charge in [-0.25, -0.2) is 9.37 Å². The average Bonchev–Trinajstić information content (AvgIpc) is 3.15. The van der Waals surface area contributed by atoms with Gasteiger partial charge < -0.3 is 14.2 Å². The number of hydrogen-bond acceptors (Lipinski definition) is 4. The third-order valence-corrected chi connectivity index (χ3v) is 4.83. The molecule has 2 heterocycles. The third kappa shape index (κ3) is 5.07. The Labute approximate surface area is 159 Å². The number of carbonyl (C=O) groups excluding carboxylic acids is 1. The van der Waals surface area contributed by atoms with E-state index in [0.29, 0.717) is 19.0 Å². The largest absolute Gasteiger partial charge is 0.481 e. The molecule has 0 bridgehead atoms. The van der Waals surface area contributed by atoms with Crippen LogP contribution in [0, 0.1) is 5.82 Å². The van der Waals surface area contributed by atoms with Crippen LogP contribution in [0.1, 0.15) is 25.6 Å². The number of benzene rings is 1. The Morgan fingerprint density at radius 3 is 2.63 bits per heavy atom. The van der Waals surface area contributed by atoms with Crippen molar-refractivity contribution in [3.8, 4) is 5.75 Å². The lowest BCUT2D eigenvalue weighted by Crippen LogP contribution is -2.50. The highest BCUT2D eigenvalue weighted by atomic mass is 19.1. The lowest BCUT2D eigenvalue weighted by Gasteiger charge is -2.34. The SMILES string of the molecule is CC(C)c1nccn1CCN1CCN(C(=O)COc2ccccc2F)CC1. The van der Waals surface area contributed by atoms with E-state index >= 15 is 0 Å². The summed E-state index contributed by atoms with van der Waals surface area (Å²) >= 11 is 0. The van der Waals surface area contributed by atoms with Crippen LogP contribution in [0.2, 0.25) is 0 Å². The van der Waals surface area contributed by atoms with Gasteiger partial charge in [0.1, 0.15) is 5.82 Å². The molecule has 1 aromatic carbocycles. The molecule has 1 aliphatic heterocycles. The van der Waals surface area contributed by atoms with Gasteiger partial charge in [-0.3, -0.25) is 9.69 Å². The predicted molar refractivity (Wildman–Crippen MR) is 101 cm³/mol. The molecule has 6 nitrogen and oxygen atoms in total. The molecule has 0 N–H and O–H groups in total. The van der Waals surface area contributed by atoms with Crippen LogP contribution in [0.5, 0.6) is 5.75 Å². The van der Waals surface area contributed by atoms with Gasteiger partial charge in [-0.2, -0.15) is 0 Å². The number of aromatic nitrogens is 2. The lowest BCUT2D eigenvalue weighted by atomic mass is 10.2. The van der Waals surface area contributed by atoms with Gasteiger partial charge in [-0.05, 0) is 12.1 Å². The van der Waals surface area contributed by atoms with Crippen LogP contribution in [0.3, 0.4) is 0 Å². The van der Waals surface area contributed by atoms with Gasteiger partial charge in [0.25, 0.3) is 5.91 Å². The van der Waals surface area contributed by atoms with Crippen molar-refractivity contribution in [1.29, 1.82) is 0 Å². The van der Waals surface area contributed by atoms with Gasteiger partial charge in [0, 0.05) is 57.6 Å². The highest BCUT2D eigenvalue weighted by Gasteiger charge is 2.21. The number of nitrogens with zero attached hydrogens (tertiary/aromatic N) is 4. The van der Waals surface area contributed by atoms with Crippen LogP contribution in [0.15, 0.2) is 36.7 Å². The lowest BCUT2D eigenvalue weighted by molar-refractivity contribution is -0.135. The van der Waals surface area contributed by atoms with Gasteiger partial charge in [0.2, 0.25) is 0 Å². The summed E-state index contributed by atoms with van der Waals surface area (Å²) in [6.07, 6.45) is 3.87. The maximum atomic E-state index is 13.6. The Balaban J connectivity index is 1.41. The summed E-state index contributed by atoms with van der Waals surface area (Å²) in [5, 5.41) is 0. The summed E-state index contributed by atoms with van der Waals surface area (Å²) in [4.78, 5) is 20.9. The fraction of sp³-hybridized carbons (Fsp3) is 0.500. The summed E-state index contributed by atoms with van der Waals surface area (Å²) in [5.41, 5.74) is 0. The van der Waals surface area contributed by atoms with Crippen LogP contribution in [-0.4, -0.2) is 64.6 Å². The standard InChI is InChI=1S/C20H27FN4O2/c1-16(2)20-22-7-8-25(20)14-11-23-9-12-24(13-10-23)19(26)15-27-18-6-4-3-5-17(18)21/h3-8,16H,9-15H2,1-2H3. The van der Waals surface area contributed by atoms with E-state index < -0.39 is 5.82 Å². The minimum absolute atomic E-state index is 0.102. The van der Waals surface area contributed by atoms with Crippen LogP contribution in [0.25, 0.3) is 0 Å². The molecule has 0 atom stereocenters. The summed E-state index contributed by atoms with van der Waals surface area (Å²) in [6.45, 7) is 8.99. The van der Waals surface area contributed by atoms with Crippen molar-refractivity contribution in [2.24, 2.45) is 0 Å². The van der Waals surface area contributed by atoms with E-state index in [1.165, 1.54) is 12.1 Å². The molecule has 1 aromatic heterocycles. The molecule has 1 fully saturated rings. The molecule has 146 valence electrons. The smallest absolute Gasteiger partial charge is 0.260 e. The van der Waals surface area contributed by atoms with Crippen molar-refractivity contribution in [3.05, 3.63) is 48.3 Å². The van der Waals surface area contributed by atoms with E-state index in [4.69, 9.17) is 4.74 Å². The summed E-state index contributed by atoms with van der Waals surface area (Å²) < 4.78 is 21.1. The van der Waals surface area contributed by atoms with Crippen molar-refractivity contribution >= 4 is 5.91 Å². The van der Waals surface area contributed by atoms with Crippen LogP contribution in [-0.2, 0) is 11.3 Å². The van der Waals surface area contributed by atoms with Gasteiger partial charge >= 0.3 is 0 Å². The first-order valence-electron chi connectivity index (χ1n) is 9.43. The Hall–Kier alpha value is -2.41. The maximum absolute atomic E-state index is 13.6. The van der Waals surface area contributed by atoms with Crippen molar-refractivity contribution < 1.29 is 13.9 Å². The molecule has 2 aromatic rings. The first-order valence-corrected chi connectivity index (χ1v) is 9.43. The van der Waals surface area contributed by atoms with Crippen LogP contribution >= 0.6 is 0 Å². The fourth-order valence-electron chi connectivity index (χ4n) is 3.27. The molecule has 7 heteroatoms. The van der Waals surface area contributed by atoms with Crippen molar-refractivity contribution in [3.63, 3.8) is 0 Å². The zero-order valence-corrected chi connectivity index (χ0v) is 16.0. The first-order chi connectivity index (χ1) is 13.0. The Kier molecular flexibility index (Phi) is 6.45. The zero-order chi connectivity index (χ0) is 19.2. The number of rotatable bonds is 7. The predicted octanol–water partition coefficient (Wildman–Crippen LogP) is 2.37. The molecule has 0 saturated carbocycles. The molecular weight excluding hydrogens is 347 g/mol. The number of halogens is 1. The fourth-order valence-corrected chi connectivity index (χ4v) is 3.27. The van der Waals surface area contributed by atoms with Gasteiger partial charge in [-0.15, -0.1) is 0 Å². The van der Waals surface area contributed by atoms with Crippen molar-refractivity contribution in [2.45, 2.75) is 26.3 Å². The number of para-hydroxylation sites is 1. The van der Waals surface area contributed by atoms with E-state index in [9.17, 15) is 9.18 Å². The number of hydrogen-bond donors (Lipinski definition) is 0. The summed E-state index contributed by atoms with van der Waals surface area (Å²) in [6, 6.07) is 6.13. The number of ether oxygens (including phenoxy) is 1.